The van der Waals surface area contributed by atoms with Crippen LogP contribution in [0, 0.1) is 0 Å². The molecule has 1 fully saturated rings. The Hall–Kier alpha value is -4.11. The van der Waals surface area contributed by atoms with Crippen LogP contribution in [0.3, 0.4) is 0 Å². The second-order valence-corrected chi connectivity index (χ2v) is 9.24. The monoisotopic (exact) mass is 531 g/mol. The number of piperazine rings is 1. The van der Waals surface area contributed by atoms with E-state index < -0.39 is 6.09 Å². The molecule has 0 unspecified atom stereocenters. The van der Waals surface area contributed by atoms with Crippen molar-refractivity contribution in [3.05, 3.63) is 72.4 Å². The van der Waals surface area contributed by atoms with Crippen LogP contribution in [0.15, 0.2) is 66.9 Å². The second kappa shape index (κ2) is 14.2. The zero-order valence-corrected chi connectivity index (χ0v) is 22.6. The van der Waals surface area contributed by atoms with Crippen LogP contribution in [0.2, 0.25) is 0 Å². The van der Waals surface area contributed by atoms with Crippen molar-refractivity contribution < 1.29 is 19.1 Å². The molecule has 0 saturated carbocycles. The van der Waals surface area contributed by atoms with Crippen molar-refractivity contribution in [2.75, 3.05) is 49.1 Å². The summed E-state index contributed by atoms with van der Waals surface area (Å²) in [5, 5.41) is 6.23. The fraction of sp³-hybridized carbons (Fsp3) is 0.367. The molecular formula is C30H37N5O4. The van der Waals surface area contributed by atoms with Crippen molar-refractivity contribution in [3.63, 3.8) is 0 Å². The summed E-state index contributed by atoms with van der Waals surface area (Å²) in [6.07, 6.45) is 2.97. The Morgan fingerprint density at radius 1 is 1.18 bits per heavy atom. The molecule has 9 heteroatoms. The molecule has 3 aromatic rings. The summed E-state index contributed by atoms with van der Waals surface area (Å²) in [5.74, 6) is 0.549. The topological polar surface area (TPSA) is 96.0 Å². The molecule has 0 bridgehead atoms. The smallest absolute Gasteiger partial charge is 0.407 e. The summed E-state index contributed by atoms with van der Waals surface area (Å²) in [4.78, 5) is 33.1. The maximum atomic E-state index is 12.4. The number of benzene rings is 2. The average Bonchev–Trinajstić information content (AvgIpc) is 2.99. The molecule has 4 rings (SSSR count). The molecule has 2 aromatic carbocycles. The van der Waals surface area contributed by atoms with Gasteiger partial charge in [-0.2, -0.15) is 0 Å². The summed E-state index contributed by atoms with van der Waals surface area (Å²) in [5.41, 5.74) is 4.41. The van der Waals surface area contributed by atoms with Gasteiger partial charge >= 0.3 is 6.09 Å². The number of nitrogens with zero attached hydrogens (tertiary/aromatic N) is 3. The fourth-order valence-corrected chi connectivity index (χ4v) is 4.75. The third kappa shape index (κ3) is 7.26. The molecular weight excluding hydrogens is 494 g/mol. The summed E-state index contributed by atoms with van der Waals surface area (Å²) in [6, 6.07) is 19.8. The van der Waals surface area contributed by atoms with Crippen molar-refractivity contribution >= 4 is 23.9 Å². The van der Waals surface area contributed by atoms with Crippen molar-refractivity contribution in [2.24, 2.45) is 0 Å². The number of hydrogen-bond donors (Lipinski definition) is 2. The molecule has 1 atom stereocenters. The number of ether oxygens (including phenoxy) is 2. The summed E-state index contributed by atoms with van der Waals surface area (Å²) in [6.45, 7) is 7.89. The van der Waals surface area contributed by atoms with Gasteiger partial charge in [0.1, 0.15) is 6.61 Å². The van der Waals surface area contributed by atoms with Crippen molar-refractivity contribution in [1.82, 2.24) is 15.6 Å². The van der Waals surface area contributed by atoms with Gasteiger partial charge < -0.3 is 29.9 Å². The molecule has 1 aromatic heterocycles. The fourth-order valence-electron chi connectivity index (χ4n) is 4.75. The zero-order chi connectivity index (χ0) is 27.5. The minimum absolute atomic E-state index is 0.185. The molecule has 206 valence electrons. The van der Waals surface area contributed by atoms with E-state index in [1.54, 1.807) is 11.1 Å². The number of hydrogen-bond acceptors (Lipinski definition) is 7. The molecule has 9 nitrogen and oxygen atoms in total. The Bertz CT molecular complexity index is 1220. The normalized spacial score (nSPS) is 14.9. The maximum Gasteiger partial charge on any atom is 0.407 e. The van der Waals surface area contributed by atoms with Crippen molar-refractivity contribution in [2.45, 2.75) is 32.9 Å². The lowest BCUT2D eigenvalue weighted by atomic mass is 10.0. The molecule has 1 saturated heterocycles. The number of nitrogens with one attached hydrogen (secondary N) is 2. The minimum Gasteiger partial charge on any atom is -0.478 e. The lowest BCUT2D eigenvalue weighted by molar-refractivity contribution is -0.107. The van der Waals surface area contributed by atoms with Crippen molar-refractivity contribution in [1.29, 1.82) is 0 Å². The van der Waals surface area contributed by atoms with Gasteiger partial charge in [0.05, 0.1) is 18.0 Å². The molecule has 0 spiro atoms. The quantitative estimate of drug-likeness (QED) is 0.338. The predicted molar refractivity (Wildman–Crippen MR) is 153 cm³/mol. The number of carbonyl (C=O) groups excluding carboxylic acids is 2. The van der Waals surface area contributed by atoms with Crippen LogP contribution < -0.4 is 25.2 Å². The Morgan fingerprint density at radius 3 is 2.79 bits per heavy atom. The largest absolute Gasteiger partial charge is 0.478 e. The molecule has 2 heterocycles. The summed E-state index contributed by atoms with van der Waals surface area (Å²) >= 11 is 0. The standard InChI is InChI=1S/C30H37N5O4/c1-3-25-20-31-15-18-35(25)27-13-12-24(26-11-8-14-32-29(26)38-4-2)19-28(27)34(22-36)17-16-33-30(37)39-21-23-9-6-5-7-10-23/h5-14,19,22,25,31H,3-4,15-18,20-21H2,1-2H3,(H,33,37)/t25-/m1/s1. The summed E-state index contributed by atoms with van der Waals surface area (Å²) in [7, 11) is 0. The lowest BCUT2D eigenvalue weighted by Crippen LogP contribution is -2.51. The molecule has 1 aliphatic rings. The van der Waals surface area contributed by atoms with Gasteiger partial charge in [0.25, 0.3) is 0 Å². The zero-order valence-electron chi connectivity index (χ0n) is 22.6. The van der Waals surface area contributed by atoms with Gasteiger partial charge in [0, 0.05) is 50.5 Å². The van der Waals surface area contributed by atoms with Crippen molar-refractivity contribution in [3.8, 4) is 17.0 Å². The number of amides is 2. The van der Waals surface area contributed by atoms with E-state index >= 15 is 0 Å². The second-order valence-electron chi connectivity index (χ2n) is 9.24. The number of alkyl carbamates (subject to hydrolysis) is 1. The van der Waals surface area contributed by atoms with Crippen LogP contribution in [0.5, 0.6) is 5.88 Å². The number of pyridine rings is 1. The van der Waals surface area contributed by atoms with E-state index in [2.05, 4.69) is 39.6 Å². The Balaban J connectivity index is 1.55. The third-order valence-corrected chi connectivity index (χ3v) is 6.74. The molecule has 1 aliphatic heterocycles. The van der Waals surface area contributed by atoms with Gasteiger partial charge in [0.15, 0.2) is 0 Å². The van der Waals surface area contributed by atoms with E-state index in [0.717, 1.165) is 60.5 Å². The van der Waals surface area contributed by atoms with E-state index in [-0.39, 0.29) is 19.7 Å². The van der Waals surface area contributed by atoms with Gasteiger partial charge in [-0.05, 0) is 48.7 Å². The van der Waals surface area contributed by atoms with E-state index in [0.29, 0.717) is 18.5 Å². The average molecular weight is 532 g/mol. The highest BCUT2D eigenvalue weighted by Crippen LogP contribution is 2.37. The Morgan fingerprint density at radius 2 is 2.03 bits per heavy atom. The van der Waals surface area contributed by atoms with Crippen LogP contribution in [-0.2, 0) is 16.1 Å². The van der Waals surface area contributed by atoms with Crippen LogP contribution in [0.4, 0.5) is 16.2 Å². The Kier molecular flexibility index (Phi) is 10.1. The number of anilines is 2. The molecule has 0 aliphatic carbocycles. The SMILES string of the molecule is CCOc1ncccc1-c1ccc(N2CCNC[C@H]2CC)c(N(C=O)CCNC(=O)OCc2ccccc2)c1. The van der Waals surface area contributed by atoms with Gasteiger partial charge in [-0.25, -0.2) is 9.78 Å². The van der Waals surface area contributed by atoms with E-state index in [4.69, 9.17) is 9.47 Å². The first-order valence-electron chi connectivity index (χ1n) is 13.5. The highest BCUT2D eigenvalue weighted by Gasteiger charge is 2.25. The minimum atomic E-state index is -0.524. The van der Waals surface area contributed by atoms with Crippen LogP contribution in [0.25, 0.3) is 11.1 Å². The van der Waals surface area contributed by atoms with Gasteiger partial charge in [0.2, 0.25) is 12.3 Å². The van der Waals surface area contributed by atoms with E-state index in [1.165, 1.54) is 0 Å². The first-order valence-corrected chi connectivity index (χ1v) is 13.5. The molecule has 2 N–H and O–H groups in total. The number of carbonyl (C=O) groups is 2. The predicted octanol–water partition coefficient (Wildman–Crippen LogP) is 4.22. The first-order chi connectivity index (χ1) is 19.1. The van der Waals surface area contributed by atoms with E-state index in [1.807, 2.05) is 55.5 Å². The first kappa shape index (κ1) is 27.9. The maximum absolute atomic E-state index is 12.4. The number of rotatable bonds is 12. The molecule has 2 amide bonds. The molecule has 39 heavy (non-hydrogen) atoms. The van der Waals surface area contributed by atoms with Gasteiger partial charge in [-0.3, -0.25) is 4.79 Å². The van der Waals surface area contributed by atoms with E-state index in [9.17, 15) is 9.59 Å². The van der Waals surface area contributed by atoms with Gasteiger partial charge in [-0.15, -0.1) is 0 Å². The highest BCUT2D eigenvalue weighted by atomic mass is 16.5. The Labute approximate surface area is 230 Å². The third-order valence-electron chi connectivity index (χ3n) is 6.74. The van der Waals surface area contributed by atoms with Crippen LogP contribution in [0.1, 0.15) is 25.8 Å². The van der Waals surface area contributed by atoms with Crippen LogP contribution >= 0.6 is 0 Å². The molecule has 0 radical (unpaired) electrons. The summed E-state index contributed by atoms with van der Waals surface area (Å²) < 4.78 is 11.1. The lowest BCUT2D eigenvalue weighted by Gasteiger charge is -2.39. The van der Waals surface area contributed by atoms with Crippen LogP contribution in [-0.4, -0.2) is 62.9 Å². The van der Waals surface area contributed by atoms with Gasteiger partial charge in [-0.1, -0.05) is 43.3 Å². The number of aromatic nitrogens is 1. The highest BCUT2D eigenvalue weighted by molar-refractivity contribution is 5.88.